The quantitative estimate of drug-likeness (QED) is 0.800. The fourth-order valence-electron chi connectivity index (χ4n) is 3.31. The normalized spacial score (nSPS) is 13.0. The van der Waals surface area contributed by atoms with Crippen molar-refractivity contribution in [2.45, 2.75) is 6.42 Å². The number of carbonyl (C=O) groups excluding carboxylic acids is 1. The van der Waals surface area contributed by atoms with E-state index in [1.165, 1.54) is 0 Å². The molecule has 1 N–H and O–H groups in total. The first-order chi connectivity index (χ1) is 12.2. The van der Waals surface area contributed by atoms with Crippen LogP contribution in [0.2, 0.25) is 0 Å². The van der Waals surface area contributed by atoms with Gasteiger partial charge in [-0.2, -0.15) is 0 Å². The Morgan fingerprint density at radius 3 is 2.72 bits per heavy atom. The molecule has 4 rings (SSSR count). The molecular formula is C20H20N4O. The molecule has 5 heteroatoms. The van der Waals surface area contributed by atoms with Gasteiger partial charge in [-0.05, 0) is 41.8 Å². The van der Waals surface area contributed by atoms with Gasteiger partial charge in [0.2, 0.25) is 0 Å². The highest BCUT2D eigenvalue weighted by molar-refractivity contribution is 6.06. The molecule has 3 aromatic rings. The fraction of sp³-hybridized carbons (Fsp3) is 0.200. The van der Waals surface area contributed by atoms with Gasteiger partial charge in [0, 0.05) is 44.3 Å². The van der Waals surface area contributed by atoms with Crippen molar-refractivity contribution in [2.24, 2.45) is 7.05 Å². The minimum Gasteiger partial charge on any atom is -0.388 e. The number of aryl methyl sites for hydroxylation is 1. The van der Waals surface area contributed by atoms with E-state index in [1.54, 1.807) is 11.1 Å². The topological polar surface area (TPSA) is 50.2 Å². The average molecular weight is 332 g/mol. The summed E-state index contributed by atoms with van der Waals surface area (Å²) in [5, 5.41) is 3.11. The van der Waals surface area contributed by atoms with Gasteiger partial charge in [-0.3, -0.25) is 9.69 Å². The van der Waals surface area contributed by atoms with E-state index in [2.05, 4.69) is 22.4 Å². The molecule has 0 radical (unpaired) electrons. The van der Waals surface area contributed by atoms with E-state index in [4.69, 9.17) is 0 Å². The van der Waals surface area contributed by atoms with Gasteiger partial charge in [-0.25, -0.2) is 4.98 Å². The number of carbonyl (C=O) groups is 1. The van der Waals surface area contributed by atoms with Crippen LogP contribution in [0.15, 0.2) is 54.9 Å². The minimum atomic E-state index is -0.00181. The van der Waals surface area contributed by atoms with E-state index in [9.17, 15) is 4.79 Å². The number of hydrogen-bond donors (Lipinski definition) is 1. The van der Waals surface area contributed by atoms with E-state index < -0.39 is 0 Å². The second-order valence-corrected chi connectivity index (χ2v) is 6.25. The molecule has 5 nitrogen and oxygen atoms in total. The number of nitrogens with one attached hydrogen (secondary N) is 1. The van der Waals surface area contributed by atoms with Crippen molar-refractivity contribution in [3.05, 3.63) is 66.1 Å². The van der Waals surface area contributed by atoms with E-state index in [0.717, 1.165) is 34.6 Å². The molecule has 0 spiro atoms. The van der Waals surface area contributed by atoms with Crippen molar-refractivity contribution in [3.63, 3.8) is 0 Å². The molecule has 0 unspecified atom stereocenters. The number of aromatic nitrogens is 2. The van der Waals surface area contributed by atoms with Crippen LogP contribution in [0, 0.1) is 0 Å². The number of benzene rings is 1. The molecule has 1 aliphatic heterocycles. The third kappa shape index (κ3) is 2.67. The predicted molar refractivity (Wildman–Crippen MR) is 100 cm³/mol. The van der Waals surface area contributed by atoms with E-state index in [1.807, 2.05) is 55.2 Å². The van der Waals surface area contributed by atoms with Crippen LogP contribution in [-0.2, 0) is 13.5 Å². The number of nitrogens with zero attached hydrogens (tertiary/aromatic N) is 3. The molecule has 0 atom stereocenters. The molecule has 1 aromatic carbocycles. The molecule has 0 fully saturated rings. The third-order valence-electron chi connectivity index (χ3n) is 4.70. The largest absolute Gasteiger partial charge is 0.388 e. The van der Waals surface area contributed by atoms with E-state index in [-0.39, 0.29) is 5.91 Å². The highest BCUT2D eigenvalue weighted by Crippen LogP contribution is 2.29. The summed E-state index contributed by atoms with van der Waals surface area (Å²) < 4.78 is 1.89. The Morgan fingerprint density at radius 1 is 1.16 bits per heavy atom. The van der Waals surface area contributed by atoms with Crippen LogP contribution in [0.3, 0.4) is 0 Å². The number of amides is 1. The average Bonchev–Trinajstić information content (AvgIpc) is 3.25. The zero-order valence-electron chi connectivity index (χ0n) is 14.4. The van der Waals surface area contributed by atoms with Crippen molar-refractivity contribution in [1.29, 1.82) is 0 Å². The Balaban J connectivity index is 1.65. The van der Waals surface area contributed by atoms with Gasteiger partial charge in [-0.1, -0.05) is 18.2 Å². The summed E-state index contributed by atoms with van der Waals surface area (Å²) in [5.41, 5.74) is 5.00. The van der Waals surface area contributed by atoms with Gasteiger partial charge >= 0.3 is 0 Å². The highest BCUT2D eigenvalue weighted by atomic mass is 16.2. The van der Waals surface area contributed by atoms with Gasteiger partial charge in [0.15, 0.2) is 0 Å². The minimum absolute atomic E-state index is 0.00181. The summed E-state index contributed by atoms with van der Waals surface area (Å²) in [6, 6.07) is 14.1. The molecule has 1 amide bonds. The van der Waals surface area contributed by atoms with Crippen LogP contribution in [-0.4, -0.2) is 29.1 Å². The van der Waals surface area contributed by atoms with Crippen molar-refractivity contribution in [3.8, 4) is 11.1 Å². The Bertz CT molecular complexity index is 927. The Kier molecular flexibility index (Phi) is 3.76. The van der Waals surface area contributed by atoms with Crippen molar-refractivity contribution < 1.29 is 4.79 Å². The number of rotatable bonds is 3. The van der Waals surface area contributed by atoms with Gasteiger partial charge in [0.25, 0.3) is 5.91 Å². The first-order valence-corrected chi connectivity index (χ1v) is 8.37. The summed E-state index contributed by atoms with van der Waals surface area (Å²) in [4.78, 5) is 19.2. The summed E-state index contributed by atoms with van der Waals surface area (Å²) in [6.45, 7) is 0.683. The maximum Gasteiger partial charge on any atom is 0.276 e. The molecule has 1 aliphatic rings. The molecule has 0 saturated heterocycles. The summed E-state index contributed by atoms with van der Waals surface area (Å²) in [6.07, 6.45) is 4.60. The van der Waals surface area contributed by atoms with Gasteiger partial charge < -0.3 is 9.88 Å². The molecule has 0 aliphatic carbocycles. The molecule has 2 aromatic heterocycles. The second-order valence-electron chi connectivity index (χ2n) is 6.25. The molecule has 0 bridgehead atoms. The second kappa shape index (κ2) is 6.09. The molecule has 0 saturated carbocycles. The SMILES string of the molecule is CNc1ccc(-c2cc(C(=O)N3CCc4cccnc43)n(C)c2)cc1. The number of fused-ring (bicyclic) bond motifs is 1. The van der Waals surface area contributed by atoms with Gasteiger partial charge in [0.05, 0.1) is 0 Å². The standard InChI is InChI=1S/C20H20N4O/c1-21-17-7-5-14(6-8-17)16-12-18(23(2)13-16)20(25)24-11-9-15-4-3-10-22-19(15)24/h3-8,10,12-13,21H,9,11H2,1-2H3. The monoisotopic (exact) mass is 332 g/mol. The Hall–Kier alpha value is -3.08. The first kappa shape index (κ1) is 15.4. The fourth-order valence-corrected chi connectivity index (χ4v) is 3.31. The molecule has 126 valence electrons. The summed E-state index contributed by atoms with van der Waals surface area (Å²) >= 11 is 0. The lowest BCUT2D eigenvalue weighted by Crippen LogP contribution is -2.30. The van der Waals surface area contributed by atoms with E-state index in [0.29, 0.717) is 12.2 Å². The predicted octanol–water partition coefficient (Wildman–Crippen LogP) is 3.33. The smallest absolute Gasteiger partial charge is 0.276 e. The lowest BCUT2D eigenvalue weighted by Gasteiger charge is -2.16. The Labute approximate surface area is 146 Å². The van der Waals surface area contributed by atoms with Gasteiger partial charge in [0.1, 0.15) is 11.5 Å². The number of anilines is 2. The number of pyridine rings is 1. The zero-order chi connectivity index (χ0) is 17.4. The number of hydrogen-bond acceptors (Lipinski definition) is 3. The van der Waals surface area contributed by atoms with Crippen LogP contribution >= 0.6 is 0 Å². The first-order valence-electron chi connectivity index (χ1n) is 8.37. The molecule has 3 heterocycles. The van der Waals surface area contributed by atoms with E-state index >= 15 is 0 Å². The van der Waals surface area contributed by atoms with Crippen molar-refractivity contribution in [1.82, 2.24) is 9.55 Å². The highest BCUT2D eigenvalue weighted by Gasteiger charge is 2.28. The van der Waals surface area contributed by atoms with Crippen molar-refractivity contribution in [2.75, 3.05) is 23.8 Å². The molecular weight excluding hydrogens is 312 g/mol. The van der Waals surface area contributed by atoms with Crippen LogP contribution in [0.25, 0.3) is 11.1 Å². The maximum absolute atomic E-state index is 13.0. The summed E-state index contributed by atoms with van der Waals surface area (Å²) in [5.74, 6) is 0.784. The third-order valence-corrected chi connectivity index (χ3v) is 4.70. The van der Waals surface area contributed by atoms with Crippen LogP contribution in [0.4, 0.5) is 11.5 Å². The maximum atomic E-state index is 13.0. The summed E-state index contributed by atoms with van der Waals surface area (Å²) in [7, 11) is 3.81. The lowest BCUT2D eigenvalue weighted by molar-refractivity contribution is 0.0981. The van der Waals surface area contributed by atoms with Crippen LogP contribution < -0.4 is 10.2 Å². The van der Waals surface area contributed by atoms with Crippen molar-refractivity contribution >= 4 is 17.4 Å². The molecule has 25 heavy (non-hydrogen) atoms. The lowest BCUT2D eigenvalue weighted by atomic mass is 10.1. The Morgan fingerprint density at radius 2 is 1.96 bits per heavy atom. The zero-order valence-corrected chi connectivity index (χ0v) is 14.4. The van der Waals surface area contributed by atoms with Crippen LogP contribution in [0.1, 0.15) is 16.1 Å². The van der Waals surface area contributed by atoms with Gasteiger partial charge in [-0.15, -0.1) is 0 Å². The van der Waals surface area contributed by atoms with Crippen LogP contribution in [0.5, 0.6) is 0 Å².